The number of aliphatic carboxylic acids is 1. The van der Waals surface area contributed by atoms with Crippen molar-refractivity contribution in [2.45, 2.75) is 45.3 Å². The predicted molar refractivity (Wildman–Crippen MR) is 125 cm³/mol. The number of fused-ring (bicyclic) bond motifs is 4. The van der Waals surface area contributed by atoms with Crippen LogP contribution in [0.4, 0.5) is 18.9 Å². The molecule has 11 heteroatoms. The van der Waals surface area contributed by atoms with Gasteiger partial charge in [0.05, 0.1) is 17.9 Å². The predicted octanol–water partition coefficient (Wildman–Crippen LogP) is 4.69. The van der Waals surface area contributed by atoms with Crippen LogP contribution in [0.2, 0.25) is 0 Å². The number of anilines is 1. The Balaban J connectivity index is 0.000000384. The van der Waals surface area contributed by atoms with Crippen LogP contribution in [0.1, 0.15) is 47.3 Å². The summed E-state index contributed by atoms with van der Waals surface area (Å²) in [7, 11) is 0. The minimum absolute atomic E-state index is 0.0235. The molecule has 3 aromatic heterocycles. The lowest BCUT2D eigenvalue weighted by molar-refractivity contribution is -0.192. The fraction of sp³-hybridized carbons (Fsp3) is 0.400. The number of pyridine rings is 1. The number of aromatic nitrogens is 2. The van der Waals surface area contributed by atoms with E-state index in [2.05, 4.69) is 45.8 Å². The van der Waals surface area contributed by atoms with Gasteiger partial charge in [0.1, 0.15) is 11.3 Å². The molecule has 1 atom stereocenters. The number of hydrogen-bond acceptors (Lipinski definition) is 5. The van der Waals surface area contributed by atoms with Crippen molar-refractivity contribution in [3.8, 4) is 5.82 Å². The van der Waals surface area contributed by atoms with E-state index in [9.17, 15) is 18.0 Å². The number of hydrogen-bond donors (Lipinski definition) is 1. The zero-order chi connectivity index (χ0) is 26.3. The highest BCUT2D eigenvalue weighted by molar-refractivity contribution is 5.92. The Morgan fingerprint density at radius 2 is 1.94 bits per heavy atom. The van der Waals surface area contributed by atoms with E-state index in [1.807, 2.05) is 37.1 Å². The van der Waals surface area contributed by atoms with Crippen molar-refractivity contribution in [2.24, 2.45) is 0 Å². The topological polar surface area (TPSA) is 91.8 Å². The Hall–Kier alpha value is -3.76. The van der Waals surface area contributed by atoms with Crippen molar-refractivity contribution < 1.29 is 32.3 Å². The maximum absolute atomic E-state index is 13.2. The van der Waals surface area contributed by atoms with Crippen molar-refractivity contribution >= 4 is 17.6 Å². The molecule has 192 valence electrons. The molecule has 1 saturated heterocycles. The molecule has 1 N–H and O–H groups in total. The van der Waals surface area contributed by atoms with E-state index in [4.69, 9.17) is 14.3 Å². The van der Waals surface area contributed by atoms with Crippen LogP contribution >= 0.6 is 0 Å². The van der Waals surface area contributed by atoms with Crippen LogP contribution in [-0.2, 0) is 10.3 Å². The van der Waals surface area contributed by atoms with E-state index < -0.39 is 12.1 Å². The first-order chi connectivity index (χ1) is 17.0. The second-order valence-electron chi connectivity index (χ2n) is 8.92. The molecule has 1 fully saturated rings. The Labute approximate surface area is 205 Å². The summed E-state index contributed by atoms with van der Waals surface area (Å²) in [4.78, 5) is 31.2. The summed E-state index contributed by atoms with van der Waals surface area (Å²) < 4.78 is 39.7. The number of carbonyl (C=O) groups excluding carboxylic acids is 1. The summed E-state index contributed by atoms with van der Waals surface area (Å²) in [5, 5.41) is 7.12. The van der Waals surface area contributed by atoms with E-state index in [1.54, 1.807) is 0 Å². The highest BCUT2D eigenvalue weighted by Gasteiger charge is 2.50. The van der Waals surface area contributed by atoms with Gasteiger partial charge in [0.25, 0.3) is 5.91 Å². The van der Waals surface area contributed by atoms with Crippen LogP contribution in [0.5, 0.6) is 0 Å². The number of amides is 1. The molecule has 5 heterocycles. The Bertz CT molecular complexity index is 1260. The smallest absolute Gasteiger partial charge is 0.475 e. The molecule has 5 rings (SSSR count). The van der Waals surface area contributed by atoms with Crippen molar-refractivity contribution in [1.82, 2.24) is 14.5 Å². The zero-order valence-corrected chi connectivity index (χ0v) is 20.2. The first-order valence-corrected chi connectivity index (χ1v) is 11.6. The van der Waals surface area contributed by atoms with Gasteiger partial charge in [-0.25, -0.2) is 9.78 Å². The van der Waals surface area contributed by atoms with E-state index in [1.165, 1.54) is 5.69 Å². The van der Waals surface area contributed by atoms with E-state index >= 15 is 0 Å². The monoisotopic (exact) mass is 504 g/mol. The molecule has 0 aromatic carbocycles. The lowest BCUT2D eigenvalue weighted by Crippen LogP contribution is -2.53. The molecule has 36 heavy (non-hydrogen) atoms. The van der Waals surface area contributed by atoms with Crippen LogP contribution in [0.25, 0.3) is 5.82 Å². The lowest BCUT2D eigenvalue weighted by Gasteiger charge is -2.47. The molecular weight excluding hydrogens is 477 g/mol. The molecular formula is C25H27F3N4O4. The zero-order valence-electron chi connectivity index (χ0n) is 20.2. The van der Waals surface area contributed by atoms with Crippen LogP contribution in [0.15, 0.2) is 47.1 Å². The molecule has 3 aromatic rings. The third kappa shape index (κ3) is 4.33. The van der Waals surface area contributed by atoms with Gasteiger partial charge in [-0.2, -0.15) is 13.2 Å². The van der Waals surface area contributed by atoms with Crippen LogP contribution < -0.4 is 4.90 Å². The van der Waals surface area contributed by atoms with E-state index in [0.717, 1.165) is 42.2 Å². The van der Waals surface area contributed by atoms with Gasteiger partial charge in [0.2, 0.25) is 0 Å². The number of rotatable bonds is 3. The normalized spacial score (nSPS) is 18.5. The molecule has 1 amide bonds. The first kappa shape index (κ1) is 25.3. The highest BCUT2D eigenvalue weighted by Crippen LogP contribution is 2.47. The minimum atomic E-state index is -5.08. The Morgan fingerprint density at radius 3 is 2.56 bits per heavy atom. The maximum atomic E-state index is 13.2. The van der Waals surface area contributed by atoms with Crippen molar-refractivity contribution in [3.63, 3.8) is 0 Å². The summed E-state index contributed by atoms with van der Waals surface area (Å²) in [5.41, 5.74) is 3.11. The summed E-state index contributed by atoms with van der Waals surface area (Å²) in [6.45, 7) is 8.34. The third-order valence-corrected chi connectivity index (χ3v) is 6.63. The standard InChI is InChI=1S/C23H26N4O2.C2HF3O2/c1-4-11-27-18-7-5-10-24-21(18)26-12-6-8-20(26)23(27)9-13-25(15-23)22(28)19-14-16(2)17(3)29-19;3-2(4,5)1(6)7/h5-8,10,12,14H,4,9,11,13,15H2,1-3H3;(H,6,7). The quantitative estimate of drug-likeness (QED) is 0.557. The number of halogens is 3. The molecule has 0 aliphatic carbocycles. The number of carboxylic acids is 1. The van der Waals surface area contributed by atoms with Gasteiger partial charge < -0.3 is 23.9 Å². The lowest BCUT2D eigenvalue weighted by atomic mass is 9.88. The fourth-order valence-electron chi connectivity index (χ4n) is 4.89. The fourth-order valence-corrected chi connectivity index (χ4v) is 4.89. The summed E-state index contributed by atoms with van der Waals surface area (Å²) in [5.74, 6) is -0.570. The van der Waals surface area contributed by atoms with Crippen molar-refractivity contribution in [1.29, 1.82) is 0 Å². The third-order valence-electron chi connectivity index (χ3n) is 6.63. The second kappa shape index (κ2) is 9.36. The molecule has 2 aliphatic rings. The van der Waals surface area contributed by atoms with Gasteiger partial charge in [-0.1, -0.05) is 6.92 Å². The van der Waals surface area contributed by atoms with Crippen molar-refractivity contribution in [3.05, 3.63) is 65.5 Å². The van der Waals surface area contributed by atoms with E-state index in [0.29, 0.717) is 18.8 Å². The SMILES string of the molecule is CCCN1c2cccnc2-n2cccc2C12CCN(C(=O)c1cc(C)c(C)o1)C2.O=C(O)C(F)(F)F. The van der Waals surface area contributed by atoms with Crippen LogP contribution in [0.3, 0.4) is 0 Å². The minimum Gasteiger partial charge on any atom is -0.475 e. The Kier molecular flexibility index (Phi) is 6.59. The summed E-state index contributed by atoms with van der Waals surface area (Å²) in [6.07, 6.45) is 0.754. The number of aryl methyl sites for hydroxylation is 2. The van der Waals surface area contributed by atoms with Gasteiger partial charge in [0.15, 0.2) is 11.6 Å². The molecule has 0 saturated carbocycles. The van der Waals surface area contributed by atoms with Gasteiger partial charge in [-0.15, -0.1) is 0 Å². The number of carbonyl (C=O) groups is 2. The average Bonchev–Trinajstić information content (AvgIpc) is 3.56. The van der Waals surface area contributed by atoms with Crippen LogP contribution in [0, 0.1) is 13.8 Å². The molecule has 0 radical (unpaired) electrons. The second-order valence-corrected chi connectivity index (χ2v) is 8.92. The Morgan fingerprint density at radius 1 is 1.22 bits per heavy atom. The molecule has 2 aliphatic heterocycles. The molecule has 0 bridgehead atoms. The molecule has 1 spiro atoms. The first-order valence-electron chi connectivity index (χ1n) is 11.6. The average molecular weight is 505 g/mol. The van der Waals surface area contributed by atoms with Crippen LogP contribution in [-0.4, -0.2) is 57.2 Å². The highest BCUT2D eigenvalue weighted by atomic mass is 19.4. The van der Waals surface area contributed by atoms with Gasteiger partial charge >= 0.3 is 12.1 Å². The number of carboxylic acid groups (broad SMARTS) is 1. The number of furan rings is 1. The largest absolute Gasteiger partial charge is 0.490 e. The molecule has 1 unspecified atom stereocenters. The number of alkyl halides is 3. The summed E-state index contributed by atoms with van der Waals surface area (Å²) >= 11 is 0. The molecule has 8 nitrogen and oxygen atoms in total. The number of likely N-dealkylation sites (tertiary alicyclic amines) is 1. The van der Waals surface area contributed by atoms with E-state index in [-0.39, 0.29) is 11.4 Å². The van der Waals surface area contributed by atoms with Crippen molar-refractivity contribution in [2.75, 3.05) is 24.5 Å². The van der Waals surface area contributed by atoms with Gasteiger partial charge in [-0.05, 0) is 62.6 Å². The van der Waals surface area contributed by atoms with Gasteiger partial charge in [-0.3, -0.25) is 4.79 Å². The maximum Gasteiger partial charge on any atom is 0.490 e. The number of nitrogens with zero attached hydrogens (tertiary/aromatic N) is 4. The summed E-state index contributed by atoms with van der Waals surface area (Å²) in [6, 6.07) is 10.3. The van der Waals surface area contributed by atoms with Gasteiger partial charge in [0, 0.05) is 25.5 Å².